The molecule has 4 aliphatic rings. The molecular weight excluding hydrogens is 464 g/mol. The third-order valence-electron chi connectivity index (χ3n) is 8.38. The predicted molar refractivity (Wildman–Crippen MR) is 147 cm³/mol. The number of hydrogen-bond acceptors (Lipinski definition) is 6. The van der Waals surface area contributed by atoms with Gasteiger partial charge in [-0.05, 0) is 78.8 Å². The molecule has 2 aromatic rings. The van der Waals surface area contributed by atoms with Crippen LogP contribution in [0.4, 0.5) is 5.69 Å². The molecule has 0 unspecified atom stereocenters. The summed E-state index contributed by atoms with van der Waals surface area (Å²) in [6, 6.07) is 12.2. The average molecular weight is 503 g/mol. The molecule has 8 heteroatoms. The van der Waals surface area contributed by atoms with Gasteiger partial charge in [0.15, 0.2) is 5.84 Å². The molecule has 4 aliphatic carbocycles. The maximum Gasteiger partial charge on any atom is 0.230 e. The van der Waals surface area contributed by atoms with Gasteiger partial charge >= 0.3 is 0 Å². The summed E-state index contributed by atoms with van der Waals surface area (Å²) in [5, 5.41) is 5.45. The number of fused-ring (bicyclic) bond motifs is 2. The largest absolute Gasteiger partial charge is 0.481 e. The zero-order valence-electron chi connectivity index (χ0n) is 21.9. The van der Waals surface area contributed by atoms with Gasteiger partial charge in [0.25, 0.3) is 0 Å². The molecule has 37 heavy (non-hydrogen) atoms. The first-order valence-electron chi connectivity index (χ1n) is 13.3. The summed E-state index contributed by atoms with van der Waals surface area (Å²) < 4.78 is 5.33. The lowest BCUT2D eigenvalue weighted by molar-refractivity contribution is -0.123. The van der Waals surface area contributed by atoms with Crippen LogP contribution in [0.25, 0.3) is 11.1 Å². The zero-order valence-corrected chi connectivity index (χ0v) is 21.9. The van der Waals surface area contributed by atoms with E-state index in [1.165, 1.54) is 22.6 Å². The Hall–Kier alpha value is -3.39. The number of allylic oxidation sites excluding steroid dienone is 1. The molecule has 2 fully saturated rings. The number of ether oxygens (including phenoxy) is 1. The lowest BCUT2D eigenvalue weighted by atomic mass is 9.56. The SMILES string of the molecule is COc1cc(-c2cccc(N(CC34CCC(/C(=N/N)N(C)N)=C(C3)C4)C(=O)C3CCCCC3)c2)ccn1. The van der Waals surface area contributed by atoms with Crippen LogP contribution in [0.15, 0.2) is 58.8 Å². The standard InChI is InChI=1S/C29H38N6O2/c1-34(31)27(33-30)25-11-13-29(17-23(25)18-29)19-35(28(36)20-7-4-3-5-8-20)24-10-6-9-21(15-24)22-12-14-32-26(16-22)37-2/h6,9-10,12,14-16,20H,3-5,7-8,11,13,17-19,30-31H2,1-2H3/b33-27-. The third-order valence-corrected chi connectivity index (χ3v) is 8.38. The van der Waals surface area contributed by atoms with Gasteiger partial charge in [-0.3, -0.25) is 9.80 Å². The molecule has 4 N–H and O–H groups in total. The Labute approximate surface area is 219 Å². The fourth-order valence-corrected chi connectivity index (χ4v) is 6.41. The molecule has 2 saturated carbocycles. The number of carbonyl (C=O) groups is 1. The van der Waals surface area contributed by atoms with Crippen LogP contribution < -0.4 is 21.3 Å². The first kappa shape index (κ1) is 25.3. The molecule has 0 atom stereocenters. The van der Waals surface area contributed by atoms with E-state index in [1.54, 1.807) is 20.4 Å². The molecule has 6 rings (SSSR count). The first-order chi connectivity index (χ1) is 17.9. The van der Waals surface area contributed by atoms with Crippen molar-refractivity contribution in [3.05, 3.63) is 53.7 Å². The number of rotatable bonds is 7. The summed E-state index contributed by atoms with van der Waals surface area (Å²) in [7, 11) is 3.40. The van der Waals surface area contributed by atoms with Gasteiger partial charge < -0.3 is 15.5 Å². The van der Waals surface area contributed by atoms with E-state index in [2.05, 4.69) is 33.2 Å². The molecule has 8 nitrogen and oxygen atoms in total. The highest BCUT2D eigenvalue weighted by Gasteiger charge is 2.48. The predicted octanol–water partition coefficient (Wildman–Crippen LogP) is 4.62. The highest BCUT2D eigenvalue weighted by Crippen LogP contribution is 2.56. The van der Waals surface area contributed by atoms with Gasteiger partial charge in [-0.2, -0.15) is 5.10 Å². The Balaban J connectivity index is 1.44. The quantitative estimate of drug-likeness (QED) is 0.247. The highest BCUT2D eigenvalue weighted by molar-refractivity contribution is 5.99. The van der Waals surface area contributed by atoms with Crippen LogP contribution in [0.1, 0.15) is 57.8 Å². The van der Waals surface area contributed by atoms with Crippen LogP contribution in [-0.2, 0) is 4.79 Å². The number of hydrogen-bond donors (Lipinski definition) is 2. The van der Waals surface area contributed by atoms with Crippen molar-refractivity contribution in [3.63, 3.8) is 0 Å². The number of likely N-dealkylation sites (N-methyl/N-ethyl adjacent to an activating group) is 1. The van der Waals surface area contributed by atoms with E-state index in [0.29, 0.717) is 11.7 Å². The van der Waals surface area contributed by atoms with Crippen LogP contribution in [0.3, 0.4) is 0 Å². The van der Waals surface area contributed by atoms with Gasteiger partial charge in [-0.25, -0.2) is 10.8 Å². The maximum absolute atomic E-state index is 14.0. The lowest BCUT2D eigenvalue weighted by Crippen LogP contribution is -2.51. The molecule has 1 amide bonds. The van der Waals surface area contributed by atoms with Gasteiger partial charge in [-0.1, -0.05) is 37.0 Å². The van der Waals surface area contributed by atoms with E-state index >= 15 is 0 Å². The Morgan fingerprint density at radius 1 is 1.16 bits per heavy atom. The van der Waals surface area contributed by atoms with Gasteiger partial charge in [0.2, 0.25) is 11.8 Å². The monoisotopic (exact) mass is 502 g/mol. The third kappa shape index (κ3) is 5.07. The minimum atomic E-state index is 0.0892. The Kier molecular flexibility index (Phi) is 7.20. The van der Waals surface area contributed by atoms with Gasteiger partial charge in [-0.15, -0.1) is 0 Å². The molecule has 0 radical (unpaired) electrons. The van der Waals surface area contributed by atoms with Gasteiger partial charge in [0.05, 0.1) is 7.11 Å². The van der Waals surface area contributed by atoms with E-state index in [9.17, 15) is 4.79 Å². The van der Waals surface area contributed by atoms with Crippen molar-refractivity contribution < 1.29 is 9.53 Å². The van der Waals surface area contributed by atoms with E-state index in [1.807, 2.05) is 18.2 Å². The lowest BCUT2D eigenvalue weighted by Gasteiger charge is -2.52. The molecule has 0 aliphatic heterocycles. The zero-order chi connectivity index (χ0) is 26.0. The Morgan fingerprint density at radius 3 is 2.57 bits per heavy atom. The maximum atomic E-state index is 14.0. The van der Waals surface area contributed by atoms with Crippen LogP contribution in [-0.4, -0.2) is 42.4 Å². The molecule has 1 aromatic carbocycles. The van der Waals surface area contributed by atoms with Crippen molar-refractivity contribution in [2.75, 3.05) is 25.6 Å². The van der Waals surface area contributed by atoms with Crippen molar-refractivity contribution in [1.82, 2.24) is 9.99 Å². The number of benzene rings is 1. The summed E-state index contributed by atoms with van der Waals surface area (Å²) in [5.41, 5.74) is 5.67. The topological polar surface area (TPSA) is 110 Å². The number of nitrogens with zero attached hydrogens (tertiary/aromatic N) is 4. The van der Waals surface area contributed by atoms with Gasteiger partial charge in [0.1, 0.15) is 0 Å². The summed E-state index contributed by atoms with van der Waals surface area (Å²) in [6.45, 7) is 0.732. The molecule has 0 saturated heterocycles. The number of pyridine rings is 1. The molecular formula is C29H38N6O2. The number of hydrazone groups is 1. The molecule has 0 spiro atoms. The van der Waals surface area contributed by atoms with E-state index in [-0.39, 0.29) is 17.2 Å². The summed E-state index contributed by atoms with van der Waals surface area (Å²) in [5.74, 6) is 13.2. The molecule has 1 aromatic heterocycles. The summed E-state index contributed by atoms with van der Waals surface area (Å²) in [6.07, 6.45) is 11.0. The number of hydrazine groups is 1. The second-order valence-corrected chi connectivity index (χ2v) is 10.9. The summed E-state index contributed by atoms with van der Waals surface area (Å²) in [4.78, 5) is 20.3. The normalized spacial score (nSPS) is 19.3. The Morgan fingerprint density at radius 2 is 1.92 bits per heavy atom. The van der Waals surface area contributed by atoms with Crippen LogP contribution in [0.5, 0.6) is 5.88 Å². The van der Waals surface area contributed by atoms with Crippen molar-refractivity contribution in [1.29, 1.82) is 0 Å². The van der Waals surface area contributed by atoms with Crippen molar-refractivity contribution >= 4 is 17.4 Å². The van der Waals surface area contributed by atoms with E-state index in [4.69, 9.17) is 16.4 Å². The van der Waals surface area contributed by atoms with Gasteiger partial charge in [0, 0.05) is 37.5 Å². The van der Waals surface area contributed by atoms with E-state index < -0.39 is 0 Å². The molecule has 1 heterocycles. The number of methoxy groups -OCH3 is 1. The summed E-state index contributed by atoms with van der Waals surface area (Å²) >= 11 is 0. The molecule has 196 valence electrons. The number of aromatic nitrogens is 1. The fourth-order valence-electron chi connectivity index (χ4n) is 6.41. The van der Waals surface area contributed by atoms with Crippen LogP contribution in [0, 0.1) is 11.3 Å². The second kappa shape index (κ2) is 10.5. The number of nitrogens with two attached hydrogens (primary N) is 2. The minimum Gasteiger partial charge on any atom is -0.481 e. The van der Waals surface area contributed by atoms with E-state index in [0.717, 1.165) is 74.7 Å². The van der Waals surface area contributed by atoms with Crippen LogP contribution >= 0.6 is 0 Å². The first-order valence-corrected chi connectivity index (χ1v) is 13.3. The van der Waals surface area contributed by atoms with Crippen molar-refractivity contribution in [3.8, 4) is 17.0 Å². The number of anilines is 1. The van der Waals surface area contributed by atoms with Crippen molar-refractivity contribution in [2.45, 2.75) is 57.8 Å². The Bertz CT molecular complexity index is 1210. The average Bonchev–Trinajstić information content (AvgIpc) is 2.92. The van der Waals surface area contributed by atoms with Crippen LogP contribution in [0.2, 0.25) is 0 Å². The van der Waals surface area contributed by atoms with Crippen molar-refractivity contribution in [2.24, 2.45) is 28.1 Å². The highest BCUT2D eigenvalue weighted by atomic mass is 16.5. The number of amides is 1. The fraction of sp³-hybridized carbons (Fsp3) is 0.483. The number of carbonyl (C=O) groups excluding carboxylic acids is 1. The molecule has 2 bridgehead atoms. The second-order valence-electron chi connectivity index (χ2n) is 10.9. The minimum absolute atomic E-state index is 0.0892. The number of amidine groups is 1. The smallest absolute Gasteiger partial charge is 0.230 e.